The summed E-state index contributed by atoms with van der Waals surface area (Å²) in [5.74, 6) is -0.184. The van der Waals surface area contributed by atoms with Gasteiger partial charge in [0.1, 0.15) is 0 Å². The van der Waals surface area contributed by atoms with Crippen molar-refractivity contribution in [2.24, 2.45) is 0 Å². The predicted molar refractivity (Wildman–Crippen MR) is 27.5 cm³/mol. The Morgan fingerprint density at radius 1 is 1.83 bits per heavy atom. The Morgan fingerprint density at radius 2 is 2.00 bits per heavy atom. The third-order valence-corrected chi connectivity index (χ3v) is 0.862. The van der Waals surface area contributed by atoms with Crippen molar-refractivity contribution >= 4 is 27.4 Å². The molecule has 0 rings (SSSR count). The van der Waals surface area contributed by atoms with E-state index >= 15 is 0 Å². The highest BCUT2D eigenvalue weighted by molar-refractivity contribution is 6.04. The highest BCUT2D eigenvalue weighted by atomic mass is 28.2. The van der Waals surface area contributed by atoms with Crippen molar-refractivity contribution in [3.05, 3.63) is 0 Å². The van der Waals surface area contributed by atoms with Crippen LogP contribution in [0.4, 0.5) is 0 Å². The molecule has 0 fully saturated rings. The van der Waals surface area contributed by atoms with Gasteiger partial charge in [-0.3, -0.25) is 4.79 Å². The van der Waals surface area contributed by atoms with E-state index in [2.05, 4.69) is 4.43 Å². The van der Waals surface area contributed by atoms with E-state index in [1.165, 1.54) is 6.92 Å². The minimum atomic E-state index is -0.184. The van der Waals surface area contributed by atoms with Crippen LogP contribution in [0.3, 0.4) is 0 Å². The molecule has 0 spiro atoms. The molecule has 0 N–H and O–H groups in total. The zero-order valence-electron chi connectivity index (χ0n) is 3.82. The lowest BCUT2D eigenvalue weighted by molar-refractivity contribution is -0.131. The second kappa shape index (κ2) is 4.90. The van der Waals surface area contributed by atoms with Crippen LogP contribution in [0.15, 0.2) is 0 Å². The number of carbonyl (C=O) groups excluding carboxylic acids is 1. The molecule has 0 aromatic carbocycles. The fourth-order valence-electron chi connectivity index (χ4n) is 0. The molecular weight excluding hydrogens is 112 g/mol. The van der Waals surface area contributed by atoms with E-state index in [0.717, 1.165) is 0 Å². The molecule has 0 amide bonds. The molecule has 0 bridgehead atoms. The molecule has 2 nitrogen and oxygen atoms in total. The molecule has 0 atom stereocenters. The molecule has 34 valence electrons. The molecule has 0 aromatic heterocycles. The van der Waals surface area contributed by atoms with Gasteiger partial charge >= 0.3 is 0 Å². The van der Waals surface area contributed by atoms with Crippen molar-refractivity contribution in [1.82, 2.24) is 0 Å². The van der Waals surface area contributed by atoms with Crippen molar-refractivity contribution < 1.29 is 9.22 Å². The van der Waals surface area contributed by atoms with Crippen molar-refractivity contribution in [1.29, 1.82) is 0 Å². The van der Waals surface area contributed by atoms with E-state index in [1.54, 1.807) is 0 Å². The monoisotopic (exact) mass is 118 g/mol. The van der Waals surface area contributed by atoms with Crippen LogP contribution in [0.5, 0.6) is 0 Å². The Kier molecular flexibility index (Phi) is 7.61. The van der Waals surface area contributed by atoms with Crippen molar-refractivity contribution in [2.75, 3.05) is 0 Å². The molecule has 0 aliphatic rings. The van der Waals surface area contributed by atoms with E-state index in [9.17, 15) is 4.79 Å². The van der Waals surface area contributed by atoms with Gasteiger partial charge in [0, 0.05) is 17.9 Å². The summed E-state index contributed by atoms with van der Waals surface area (Å²) in [6.45, 7) is 1.40. The summed E-state index contributed by atoms with van der Waals surface area (Å²) in [6, 6.07) is 0. The Balaban J connectivity index is 0. The topological polar surface area (TPSA) is 26.3 Å². The minimum Gasteiger partial charge on any atom is -0.529 e. The molecule has 4 heteroatoms. The SMILES string of the molecule is CC(=O)O[SiH3].[Si]. The van der Waals surface area contributed by atoms with Gasteiger partial charge in [0.05, 0.1) is 0 Å². The number of hydrogen-bond acceptors (Lipinski definition) is 2. The molecule has 0 aliphatic carbocycles. The van der Waals surface area contributed by atoms with Gasteiger partial charge in [-0.1, -0.05) is 0 Å². The van der Waals surface area contributed by atoms with Gasteiger partial charge in [-0.05, 0) is 0 Å². The highest BCUT2D eigenvalue weighted by Gasteiger charge is 1.74. The van der Waals surface area contributed by atoms with Crippen LogP contribution in [0, 0.1) is 0 Å². The van der Waals surface area contributed by atoms with Gasteiger partial charge in [0.2, 0.25) is 10.5 Å². The predicted octanol–water partition coefficient (Wildman–Crippen LogP) is -1.55. The lowest BCUT2D eigenvalue weighted by atomic mass is 10.9. The maximum absolute atomic E-state index is 9.62. The number of carbonyl (C=O) groups is 1. The molecule has 0 aromatic rings. The smallest absolute Gasteiger partial charge is 0.288 e. The summed E-state index contributed by atoms with van der Waals surface area (Å²) in [4.78, 5) is 9.62. The average molecular weight is 118 g/mol. The van der Waals surface area contributed by atoms with Gasteiger partial charge in [-0.2, -0.15) is 0 Å². The Labute approximate surface area is 44.4 Å². The van der Waals surface area contributed by atoms with Crippen LogP contribution >= 0.6 is 0 Å². The zero-order chi connectivity index (χ0) is 4.28. The van der Waals surface area contributed by atoms with Crippen LogP contribution in [-0.2, 0) is 9.22 Å². The van der Waals surface area contributed by atoms with E-state index in [-0.39, 0.29) is 16.9 Å². The lowest BCUT2D eigenvalue weighted by Crippen LogP contribution is -1.90. The van der Waals surface area contributed by atoms with Crippen molar-refractivity contribution in [2.45, 2.75) is 6.92 Å². The van der Waals surface area contributed by atoms with Gasteiger partial charge in [0.15, 0.2) is 0 Å². The van der Waals surface area contributed by atoms with E-state index in [4.69, 9.17) is 0 Å². The summed E-state index contributed by atoms with van der Waals surface area (Å²) in [5.41, 5.74) is 0. The van der Waals surface area contributed by atoms with E-state index in [0.29, 0.717) is 10.5 Å². The largest absolute Gasteiger partial charge is 0.529 e. The first-order valence-corrected chi connectivity index (χ1v) is 2.13. The summed E-state index contributed by atoms with van der Waals surface area (Å²) in [7, 11) is 0.524. The first-order chi connectivity index (χ1) is 2.27. The standard InChI is InChI=1S/C2H6O2Si.Si/c1-2(3)4-5;/h1,5H3;. The molecule has 6 heavy (non-hydrogen) atoms. The number of rotatable bonds is 0. The van der Waals surface area contributed by atoms with Crippen LogP contribution in [0.1, 0.15) is 6.92 Å². The summed E-state index contributed by atoms with van der Waals surface area (Å²) in [5, 5.41) is 0. The molecule has 0 saturated heterocycles. The highest BCUT2D eigenvalue weighted by Crippen LogP contribution is 1.58. The Morgan fingerprint density at radius 3 is 2.00 bits per heavy atom. The second-order valence-electron chi connectivity index (χ2n) is 0.696. The summed E-state index contributed by atoms with van der Waals surface area (Å²) >= 11 is 0. The maximum atomic E-state index is 9.62. The van der Waals surface area contributed by atoms with Gasteiger partial charge in [-0.15, -0.1) is 0 Å². The lowest BCUT2D eigenvalue weighted by Gasteiger charge is -1.82. The summed E-state index contributed by atoms with van der Waals surface area (Å²) < 4.78 is 4.25. The first kappa shape index (κ1) is 9.32. The van der Waals surface area contributed by atoms with Crippen LogP contribution in [0.25, 0.3) is 0 Å². The zero-order valence-corrected chi connectivity index (χ0v) is 6.82. The van der Waals surface area contributed by atoms with Gasteiger partial charge < -0.3 is 4.43 Å². The molecule has 4 radical (unpaired) electrons. The third-order valence-electron chi connectivity index (χ3n) is 0.287. The van der Waals surface area contributed by atoms with Crippen molar-refractivity contribution in [3.8, 4) is 0 Å². The Bertz CT molecular complexity index is 44.8. The third kappa shape index (κ3) is 9.08. The molecule has 0 saturated carbocycles. The fourth-order valence-corrected chi connectivity index (χ4v) is 0. The average Bonchev–Trinajstić information content (AvgIpc) is 1.38. The first-order valence-electron chi connectivity index (χ1n) is 1.32. The normalized spacial score (nSPS) is 6.17. The van der Waals surface area contributed by atoms with E-state index < -0.39 is 0 Å². The molecule has 0 heterocycles. The Hall–Kier alpha value is -0.0962. The second-order valence-corrected chi connectivity index (χ2v) is 1.10. The molecule has 0 unspecified atom stereocenters. The summed E-state index contributed by atoms with van der Waals surface area (Å²) in [6.07, 6.45) is 0. The van der Waals surface area contributed by atoms with Crippen LogP contribution in [-0.4, -0.2) is 27.4 Å². The van der Waals surface area contributed by atoms with Gasteiger partial charge in [0.25, 0.3) is 5.97 Å². The van der Waals surface area contributed by atoms with Crippen LogP contribution in [0.2, 0.25) is 0 Å². The number of hydrogen-bond donors (Lipinski definition) is 0. The van der Waals surface area contributed by atoms with E-state index in [1.807, 2.05) is 0 Å². The molecular formula is C2H6O2Si2. The van der Waals surface area contributed by atoms with Crippen LogP contribution < -0.4 is 0 Å². The fraction of sp³-hybridized carbons (Fsp3) is 0.500. The van der Waals surface area contributed by atoms with Gasteiger partial charge in [-0.25, -0.2) is 0 Å². The maximum Gasteiger partial charge on any atom is 0.288 e. The quantitative estimate of drug-likeness (QED) is 0.360. The van der Waals surface area contributed by atoms with Crippen molar-refractivity contribution in [3.63, 3.8) is 0 Å². The molecule has 0 aliphatic heterocycles. The minimum absolute atomic E-state index is 0.